The van der Waals surface area contributed by atoms with Crippen molar-refractivity contribution in [1.82, 2.24) is 10.3 Å². The molecule has 3 aromatic heterocycles. The van der Waals surface area contributed by atoms with Gasteiger partial charge in [-0.3, -0.25) is 9.59 Å². The number of aromatic nitrogens is 1. The van der Waals surface area contributed by atoms with Gasteiger partial charge in [0, 0.05) is 11.8 Å². The van der Waals surface area contributed by atoms with Gasteiger partial charge in [0.05, 0.1) is 28.2 Å². The summed E-state index contributed by atoms with van der Waals surface area (Å²) in [5.41, 5.74) is 6.82. The summed E-state index contributed by atoms with van der Waals surface area (Å²) in [5.74, 6) is -4.25. The molecule has 0 aliphatic heterocycles. The van der Waals surface area contributed by atoms with Crippen LogP contribution in [-0.2, 0) is 14.3 Å². The first-order valence-corrected chi connectivity index (χ1v) is 10.0. The Hall–Kier alpha value is -2.99. The number of hydrogen-bond acceptors (Lipinski definition) is 8. The number of anilines is 1. The number of nitrogen functional groups attached to an aromatic ring is 1. The van der Waals surface area contributed by atoms with Crippen LogP contribution in [0.2, 0.25) is 0 Å². The van der Waals surface area contributed by atoms with Crippen LogP contribution in [-0.4, -0.2) is 42.0 Å². The maximum Gasteiger partial charge on any atom is 0.471 e. The molecule has 0 aliphatic rings. The summed E-state index contributed by atoms with van der Waals surface area (Å²) >= 11 is 2.45. The van der Waals surface area contributed by atoms with E-state index in [9.17, 15) is 27.6 Å². The Morgan fingerprint density at radius 1 is 1.27 bits per heavy atom. The molecule has 3 rings (SSSR count). The second kappa shape index (κ2) is 8.40. The number of fused-ring (bicyclic) bond motifs is 1. The van der Waals surface area contributed by atoms with Gasteiger partial charge in [-0.25, -0.2) is 9.78 Å². The summed E-state index contributed by atoms with van der Waals surface area (Å²) in [4.78, 5) is 41.5. The molecular weight excluding hydrogens is 443 g/mol. The number of hydrogen-bond donors (Lipinski definition) is 2. The lowest BCUT2D eigenvalue weighted by Crippen LogP contribution is -2.48. The number of methoxy groups -OCH3 is 1. The molecule has 0 bridgehead atoms. The summed E-state index contributed by atoms with van der Waals surface area (Å²) in [6.07, 6.45) is -5.96. The number of Topliss-reactive ketones (excluding diaryl/α,β-unsaturated/α-hetero) is 1. The molecule has 1 amide bonds. The van der Waals surface area contributed by atoms with Gasteiger partial charge < -0.3 is 15.8 Å². The second-order valence-electron chi connectivity index (χ2n) is 6.05. The molecule has 0 spiro atoms. The minimum Gasteiger partial charge on any atom is -0.467 e. The van der Waals surface area contributed by atoms with Gasteiger partial charge >= 0.3 is 18.1 Å². The Balaban J connectivity index is 1.88. The number of rotatable bonds is 6. The summed E-state index contributed by atoms with van der Waals surface area (Å²) in [7, 11) is 0.934. The lowest BCUT2D eigenvalue weighted by Gasteiger charge is -2.16. The van der Waals surface area contributed by atoms with Crippen LogP contribution in [0.4, 0.5) is 18.9 Å². The molecule has 3 N–H and O–H groups in total. The third-order valence-electron chi connectivity index (χ3n) is 4.06. The number of ketones is 1. The van der Waals surface area contributed by atoms with Crippen LogP contribution < -0.4 is 11.1 Å². The zero-order chi connectivity index (χ0) is 22.1. The van der Waals surface area contributed by atoms with Gasteiger partial charge in [-0.05, 0) is 23.6 Å². The number of halogens is 3. The summed E-state index contributed by atoms with van der Waals surface area (Å²) < 4.78 is 42.0. The zero-order valence-electron chi connectivity index (χ0n) is 15.3. The topological polar surface area (TPSA) is 111 Å². The van der Waals surface area contributed by atoms with E-state index in [1.54, 1.807) is 12.1 Å². The Labute approximate surface area is 175 Å². The first kappa shape index (κ1) is 21.7. The average molecular weight is 457 g/mol. The molecule has 7 nitrogen and oxygen atoms in total. The Morgan fingerprint density at radius 2 is 2.00 bits per heavy atom. The van der Waals surface area contributed by atoms with E-state index in [2.05, 4.69) is 9.72 Å². The SMILES string of the molecule is COC(=O)[C@H](CC(=O)c1sc2nc(-c3cccs3)ccc2c1N)NC(=O)C(F)(F)F. The van der Waals surface area contributed by atoms with Crippen LogP contribution in [0.5, 0.6) is 0 Å². The second-order valence-corrected chi connectivity index (χ2v) is 7.99. The molecule has 158 valence electrons. The van der Waals surface area contributed by atoms with Crippen LogP contribution in [0.15, 0.2) is 29.6 Å². The first-order valence-electron chi connectivity index (χ1n) is 8.33. The number of carbonyl (C=O) groups is 3. The molecule has 12 heteroatoms. The predicted molar refractivity (Wildman–Crippen MR) is 106 cm³/mol. The van der Waals surface area contributed by atoms with Crippen LogP contribution in [0.3, 0.4) is 0 Å². The zero-order valence-corrected chi connectivity index (χ0v) is 16.9. The van der Waals surface area contributed by atoms with Crippen molar-refractivity contribution < 1.29 is 32.3 Å². The molecule has 0 aromatic carbocycles. The molecule has 30 heavy (non-hydrogen) atoms. The van der Waals surface area contributed by atoms with Crippen LogP contribution in [0.1, 0.15) is 16.1 Å². The number of amides is 1. The number of nitrogens with one attached hydrogen (secondary N) is 1. The van der Waals surface area contributed by atoms with Crippen molar-refractivity contribution in [3.05, 3.63) is 34.5 Å². The minimum absolute atomic E-state index is 0.0380. The number of thiophene rings is 2. The van der Waals surface area contributed by atoms with Gasteiger partial charge in [0.2, 0.25) is 0 Å². The van der Waals surface area contributed by atoms with Crippen LogP contribution >= 0.6 is 22.7 Å². The highest BCUT2D eigenvalue weighted by molar-refractivity contribution is 7.21. The third-order valence-corrected chi connectivity index (χ3v) is 6.11. The number of ether oxygens (including phenoxy) is 1. The Bertz CT molecular complexity index is 1110. The number of nitrogens with two attached hydrogens (primary N) is 1. The van der Waals surface area contributed by atoms with Crippen molar-refractivity contribution >= 4 is 56.2 Å². The summed E-state index contributed by atoms with van der Waals surface area (Å²) in [5, 5.41) is 3.88. The van der Waals surface area contributed by atoms with E-state index in [4.69, 9.17) is 5.73 Å². The third kappa shape index (κ3) is 4.44. The highest BCUT2D eigenvalue weighted by atomic mass is 32.1. The fourth-order valence-corrected chi connectivity index (χ4v) is 4.36. The number of carbonyl (C=O) groups excluding carboxylic acids is 3. The maximum absolute atomic E-state index is 12.7. The van der Waals surface area contributed by atoms with Crippen molar-refractivity contribution in [3.8, 4) is 10.6 Å². The number of nitrogens with zero attached hydrogens (tertiary/aromatic N) is 1. The minimum atomic E-state index is -5.21. The highest BCUT2D eigenvalue weighted by Gasteiger charge is 2.41. The van der Waals surface area contributed by atoms with Crippen LogP contribution in [0.25, 0.3) is 20.8 Å². The van der Waals surface area contributed by atoms with E-state index in [1.165, 1.54) is 16.7 Å². The van der Waals surface area contributed by atoms with Gasteiger partial charge in [0.15, 0.2) is 5.78 Å². The van der Waals surface area contributed by atoms with Gasteiger partial charge in [0.25, 0.3) is 0 Å². The highest BCUT2D eigenvalue weighted by Crippen LogP contribution is 2.35. The standard InChI is InChI=1S/C18H14F3N3O4S2/c1-28-16(26)10(24-17(27)18(19,20)21)7-11(25)14-13(22)8-4-5-9(23-15(8)30-14)12-3-2-6-29-12/h2-6,10H,7,22H2,1H3,(H,24,27)/t10-/m0/s1. The van der Waals surface area contributed by atoms with Gasteiger partial charge in [0.1, 0.15) is 10.9 Å². The molecule has 1 atom stereocenters. The first-order chi connectivity index (χ1) is 14.1. The number of esters is 1. The lowest BCUT2D eigenvalue weighted by molar-refractivity contribution is -0.175. The molecule has 0 saturated carbocycles. The number of alkyl halides is 3. The van der Waals surface area contributed by atoms with Crippen molar-refractivity contribution in [2.45, 2.75) is 18.6 Å². The van der Waals surface area contributed by atoms with Crippen molar-refractivity contribution in [2.24, 2.45) is 0 Å². The molecule has 0 unspecified atom stereocenters. The quantitative estimate of drug-likeness (QED) is 0.434. The summed E-state index contributed by atoms with van der Waals surface area (Å²) in [6.45, 7) is 0. The van der Waals surface area contributed by atoms with E-state index in [0.717, 1.165) is 23.3 Å². The van der Waals surface area contributed by atoms with E-state index in [-0.39, 0.29) is 10.6 Å². The summed E-state index contributed by atoms with van der Waals surface area (Å²) in [6, 6.07) is 5.38. The molecule has 0 saturated heterocycles. The number of pyridine rings is 1. The molecular formula is C18H14F3N3O4S2. The Kier molecular flexibility index (Phi) is 6.08. The van der Waals surface area contributed by atoms with E-state index < -0.39 is 36.3 Å². The smallest absolute Gasteiger partial charge is 0.467 e. The van der Waals surface area contributed by atoms with Gasteiger partial charge in [-0.1, -0.05) is 6.07 Å². The fourth-order valence-electron chi connectivity index (χ4n) is 2.62. The molecule has 0 radical (unpaired) electrons. The Morgan fingerprint density at radius 3 is 2.60 bits per heavy atom. The van der Waals surface area contributed by atoms with Crippen LogP contribution in [0, 0.1) is 0 Å². The fraction of sp³-hybridized carbons (Fsp3) is 0.222. The van der Waals surface area contributed by atoms with Crippen molar-refractivity contribution in [3.63, 3.8) is 0 Å². The van der Waals surface area contributed by atoms with Crippen molar-refractivity contribution in [1.29, 1.82) is 0 Å². The van der Waals surface area contributed by atoms with Gasteiger partial charge in [-0.2, -0.15) is 13.2 Å². The largest absolute Gasteiger partial charge is 0.471 e. The average Bonchev–Trinajstić information content (AvgIpc) is 3.34. The molecule has 3 aromatic rings. The van der Waals surface area contributed by atoms with Crippen molar-refractivity contribution in [2.75, 3.05) is 12.8 Å². The lowest BCUT2D eigenvalue weighted by atomic mass is 10.1. The predicted octanol–water partition coefficient (Wildman–Crippen LogP) is 3.40. The normalized spacial score (nSPS) is 12.5. The van der Waals surface area contributed by atoms with E-state index in [1.807, 2.05) is 17.5 Å². The maximum atomic E-state index is 12.7. The molecule has 0 aliphatic carbocycles. The molecule has 0 fully saturated rings. The van der Waals surface area contributed by atoms with E-state index in [0.29, 0.717) is 15.9 Å². The molecule has 3 heterocycles. The van der Waals surface area contributed by atoms with E-state index >= 15 is 0 Å². The van der Waals surface area contributed by atoms with Gasteiger partial charge in [-0.15, -0.1) is 22.7 Å². The monoisotopic (exact) mass is 457 g/mol.